The van der Waals surface area contributed by atoms with Crippen LogP contribution in [0.4, 0.5) is 0 Å². The van der Waals surface area contributed by atoms with Gasteiger partial charge in [-0.1, -0.05) is 19.9 Å². The second-order valence-corrected chi connectivity index (χ2v) is 2.74. The van der Waals surface area contributed by atoms with Gasteiger partial charge in [-0.15, -0.1) is 6.58 Å². The number of carbonyl (C=O) groups is 1. The Labute approximate surface area is 61.6 Å². The molecule has 58 valence electrons. The molecule has 0 spiro atoms. The lowest BCUT2D eigenvalue weighted by Crippen LogP contribution is -2.10. The van der Waals surface area contributed by atoms with Gasteiger partial charge in [0.25, 0.3) is 0 Å². The SMILES string of the molecule is C=CC(CC(=O)O)C(C)C. The van der Waals surface area contributed by atoms with Crippen LogP contribution in [-0.4, -0.2) is 11.1 Å². The second-order valence-electron chi connectivity index (χ2n) is 2.74. The molecule has 2 nitrogen and oxygen atoms in total. The lowest BCUT2D eigenvalue weighted by Gasteiger charge is -2.12. The maximum atomic E-state index is 10.2. The van der Waals surface area contributed by atoms with Crippen molar-refractivity contribution in [3.8, 4) is 0 Å². The third-order valence-corrected chi connectivity index (χ3v) is 1.57. The van der Waals surface area contributed by atoms with Gasteiger partial charge in [-0.3, -0.25) is 4.79 Å². The fraction of sp³-hybridized carbons (Fsp3) is 0.625. The lowest BCUT2D eigenvalue weighted by molar-refractivity contribution is -0.138. The van der Waals surface area contributed by atoms with E-state index in [1.807, 2.05) is 13.8 Å². The molecule has 1 N–H and O–H groups in total. The highest BCUT2D eigenvalue weighted by Gasteiger charge is 2.12. The molecular weight excluding hydrogens is 128 g/mol. The summed E-state index contributed by atoms with van der Waals surface area (Å²) in [6, 6.07) is 0. The molecule has 0 radical (unpaired) electrons. The van der Waals surface area contributed by atoms with E-state index in [-0.39, 0.29) is 12.3 Å². The standard InChI is InChI=1S/C8H14O2/c1-4-7(6(2)3)5-8(9)10/h4,6-7H,1,5H2,2-3H3,(H,9,10). The molecule has 0 aliphatic heterocycles. The number of aliphatic carboxylic acids is 1. The minimum Gasteiger partial charge on any atom is -0.481 e. The summed E-state index contributed by atoms with van der Waals surface area (Å²) in [6.45, 7) is 7.56. The quantitative estimate of drug-likeness (QED) is 0.609. The molecule has 0 bridgehead atoms. The van der Waals surface area contributed by atoms with Gasteiger partial charge >= 0.3 is 5.97 Å². The number of rotatable bonds is 4. The normalized spacial score (nSPS) is 13.1. The smallest absolute Gasteiger partial charge is 0.303 e. The number of hydrogen-bond acceptors (Lipinski definition) is 1. The fourth-order valence-electron chi connectivity index (χ4n) is 0.793. The zero-order valence-electron chi connectivity index (χ0n) is 6.50. The number of allylic oxidation sites excluding steroid dienone is 1. The molecule has 0 aromatic heterocycles. The van der Waals surface area contributed by atoms with Crippen molar-refractivity contribution in [3.63, 3.8) is 0 Å². The maximum Gasteiger partial charge on any atom is 0.303 e. The highest BCUT2D eigenvalue weighted by atomic mass is 16.4. The molecule has 1 unspecified atom stereocenters. The van der Waals surface area contributed by atoms with Gasteiger partial charge in [0.15, 0.2) is 0 Å². The highest BCUT2D eigenvalue weighted by molar-refractivity contribution is 5.67. The first-order valence-electron chi connectivity index (χ1n) is 3.42. The zero-order valence-corrected chi connectivity index (χ0v) is 6.50. The van der Waals surface area contributed by atoms with Gasteiger partial charge in [-0.25, -0.2) is 0 Å². The monoisotopic (exact) mass is 142 g/mol. The maximum absolute atomic E-state index is 10.2. The Morgan fingerprint density at radius 1 is 1.70 bits per heavy atom. The Kier molecular flexibility index (Phi) is 3.77. The number of carboxylic acid groups (broad SMARTS) is 1. The van der Waals surface area contributed by atoms with Crippen molar-refractivity contribution in [1.82, 2.24) is 0 Å². The van der Waals surface area contributed by atoms with Crippen molar-refractivity contribution in [2.24, 2.45) is 11.8 Å². The van der Waals surface area contributed by atoms with Crippen molar-refractivity contribution in [3.05, 3.63) is 12.7 Å². The predicted octanol–water partition coefficient (Wildman–Crippen LogP) is 1.92. The average Bonchev–Trinajstić information content (AvgIpc) is 1.81. The van der Waals surface area contributed by atoms with Crippen LogP contribution in [0, 0.1) is 11.8 Å². The summed E-state index contributed by atoms with van der Waals surface area (Å²) in [5, 5.41) is 8.42. The van der Waals surface area contributed by atoms with Crippen molar-refractivity contribution >= 4 is 5.97 Å². The second kappa shape index (κ2) is 4.09. The van der Waals surface area contributed by atoms with Gasteiger partial charge < -0.3 is 5.11 Å². The van der Waals surface area contributed by atoms with Crippen LogP contribution in [0.2, 0.25) is 0 Å². The first-order chi connectivity index (χ1) is 4.57. The van der Waals surface area contributed by atoms with Crippen LogP contribution in [0.3, 0.4) is 0 Å². The Bertz CT molecular complexity index is 127. The average molecular weight is 142 g/mol. The summed E-state index contributed by atoms with van der Waals surface area (Å²) in [4.78, 5) is 10.2. The van der Waals surface area contributed by atoms with Gasteiger partial charge in [-0.2, -0.15) is 0 Å². The van der Waals surface area contributed by atoms with Crippen LogP contribution < -0.4 is 0 Å². The predicted molar refractivity (Wildman–Crippen MR) is 40.8 cm³/mol. The van der Waals surface area contributed by atoms with E-state index in [9.17, 15) is 4.79 Å². The van der Waals surface area contributed by atoms with E-state index in [2.05, 4.69) is 6.58 Å². The van der Waals surface area contributed by atoms with Gasteiger partial charge in [0.05, 0.1) is 6.42 Å². The van der Waals surface area contributed by atoms with Crippen molar-refractivity contribution in [2.75, 3.05) is 0 Å². The summed E-state index contributed by atoms with van der Waals surface area (Å²) in [5.41, 5.74) is 0. The van der Waals surface area contributed by atoms with Crippen molar-refractivity contribution < 1.29 is 9.90 Å². The fourth-order valence-corrected chi connectivity index (χ4v) is 0.793. The van der Waals surface area contributed by atoms with E-state index in [4.69, 9.17) is 5.11 Å². The van der Waals surface area contributed by atoms with E-state index < -0.39 is 5.97 Å². The zero-order chi connectivity index (χ0) is 8.15. The molecule has 0 saturated heterocycles. The summed E-state index contributed by atoms with van der Waals surface area (Å²) < 4.78 is 0. The topological polar surface area (TPSA) is 37.3 Å². The van der Waals surface area contributed by atoms with E-state index in [0.29, 0.717) is 5.92 Å². The van der Waals surface area contributed by atoms with E-state index in [1.54, 1.807) is 6.08 Å². The van der Waals surface area contributed by atoms with E-state index in [0.717, 1.165) is 0 Å². The van der Waals surface area contributed by atoms with Crippen molar-refractivity contribution in [1.29, 1.82) is 0 Å². The van der Waals surface area contributed by atoms with Crippen LogP contribution in [0.5, 0.6) is 0 Å². The molecule has 0 aromatic carbocycles. The number of hydrogen-bond donors (Lipinski definition) is 1. The molecule has 0 aliphatic rings. The molecule has 2 heteroatoms. The minimum atomic E-state index is -0.751. The molecule has 0 heterocycles. The van der Waals surface area contributed by atoms with Gasteiger partial charge in [0.2, 0.25) is 0 Å². The van der Waals surface area contributed by atoms with Crippen molar-refractivity contribution in [2.45, 2.75) is 20.3 Å². The van der Waals surface area contributed by atoms with E-state index >= 15 is 0 Å². The van der Waals surface area contributed by atoms with Crippen LogP contribution in [0.15, 0.2) is 12.7 Å². The highest BCUT2D eigenvalue weighted by Crippen LogP contribution is 2.15. The third-order valence-electron chi connectivity index (χ3n) is 1.57. The summed E-state index contributed by atoms with van der Waals surface area (Å²) in [6.07, 6.45) is 1.90. The molecule has 0 saturated carbocycles. The minimum absolute atomic E-state index is 0.109. The summed E-state index contributed by atoms with van der Waals surface area (Å²) in [5.74, 6) is -0.273. The Morgan fingerprint density at radius 2 is 2.20 bits per heavy atom. The van der Waals surface area contributed by atoms with Crippen LogP contribution >= 0.6 is 0 Å². The molecule has 0 amide bonds. The van der Waals surface area contributed by atoms with Gasteiger partial charge in [0.1, 0.15) is 0 Å². The molecule has 0 aliphatic carbocycles. The lowest BCUT2D eigenvalue weighted by atomic mass is 9.93. The Morgan fingerprint density at radius 3 is 2.30 bits per heavy atom. The Balaban J connectivity index is 3.83. The number of carboxylic acids is 1. The molecule has 0 aromatic rings. The molecule has 0 fully saturated rings. The largest absolute Gasteiger partial charge is 0.481 e. The first kappa shape index (κ1) is 9.21. The molecular formula is C8H14O2. The van der Waals surface area contributed by atoms with Crippen LogP contribution in [-0.2, 0) is 4.79 Å². The van der Waals surface area contributed by atoms with E-state index in [1.165, 1.54) is 0 Å². The molecule has 10 heavy (non-hydrogen) atoms. The van der Waals surface area contributed by atoms with Gasteiger partial charge in [0, 0.05) is 0 Å². The molecule has 0 rings (SSSR count). The van der Waals surface area contributed by atoms with Gasteiger partial charge in [-0.05, 0) is 11.8 Å². The first-order valence-corrected chi connectivity index (χ1v) is 3.42. The van der Waals surface area contributed by atoms with Crippen LogP contribution in [0.25, 0.3) is 0 Å². The summed E-state index contributed by atoms with van der Waals surface area (Å²) in [7, 11) is 0. The summed E-state index contributed by atoms with van der Waals surface area (Å²) >= 11 is 0. The van der Waals surface area contributed by atoms with Crippen LogP contribution in [0.1, 0.15) is 20.3 Å². The molecule has 1 atom stereocenters. The third kappa shape index (κ3) is 3.28. The Hall–Kier alpha value is -0.790.